The van der Waals surface area contributed by atoms with Crippen LogP contribution in [0.1, 0.15) is 29.0 Å². The van der Waals surface area contributed by atoms with E-state index in [1.807, 2.05) is 61.6 Å². The van der Waals surface area contributed by atoms with Gasteiger partial charge in [-0.2, -0.15) is 0 Å². The van der Waals surface area contributed by atoms with Gasteiger partial charge in [-0.15, -0.1) is 0 Å². The second-order valence-electron chi connectivity index (χ2n) is 6.55. The van der Waals surface area contributed by atoms with Gasteiger partial charge < -0.3 is 9.64 Å². The van der Waals surface area contributed by atoms with Crippen molar-refractivity contribution in [2.75, 3.05) is 14.2 Å². The normalized spacial score (nSPS) is 11.6. The van der Waals surface area contributed by atoms with Gasteiger partial charge in [-0.05, 0) is 34.9 Å². The van der Waals surface area contributed by atoms with Crippen molar-refractivity contribution in [2.45, 2.75) is 18.9 Å². The molecule has 1 amide bonds. The van der Waals surface area contributed by atoms with Crippen LogP contribution in [0.2, 0.25) is 0 Å². The number of amides is 1. The maximum absolute atomic E-state index is 12.9. The van der Waals surface area contributed by atoms with Gasteiger partial charge in [-0.1, -0.05) is 48.5 Å². The predicted octanol–water partition coefficient (Wildman–Crippen LogP) is 4.27. The molecule has 1 heterocycles. The van der Waals surface area contributed by atoms with Crippen molar-refractivity contribution in [3.8, 4) is 5.75 Å². The highest BCUT2D eigenvalue weighted by molar-refractivity contribution is 5.77. The summed E-state index contributed by atoms with van der Waals surface area (Å²) in [6, 6.07) is 22.0. The van der Waals surface area contributed by atoms with E-state index >= 15 is 0 Å². The maximum atomic E-state index is 12.9. The zero-order valence-electron chi connectivity index (χ0n) is 15.7. The number of ether oxygens (including phenoxy) is 1. The van der Waals surface area contributed by atoms with E-state index < -0.39 is 0 Å². The van der Waals surface area contributed by atoms with Gasteiger partial charge in [0.05, 0.1) is 7.11 Å². The molecule has 3 rings (SSSR count). The second-order valence-corrected chi connectivity index (χ2v) is 6.55. The number of hydrogen-bond donors (Lipinski definition) is 0. The van der Waals surface area contributed by atoms with E-state index in [9.17, 15) is 4.79 Å². The topological polar surface area (TPSA) is 42.4 Å². The monoisotopic (exact) mass is 360 g/mol. The Kier molecular flexibility index (Phi) is 6.21. The number of carbonyl (C=O) groups excluding carboxylic acids is 1. The Bertz CT molecular complexity index is 849. The van der Waals surface area contributed by atoms with E-state index in [-0.39, 0.29) is 11.8 Å². The molecule has 4 nitrogen and oxygen atoms in total. The lowest BCUT2D eigenvalue weighted by Gasteiger charge is -2.22. The Balaban J connectivity index is 1.79. The van der Waals surface area contributed by atoms with Crippen LogP contribution in [-0.2, 0) is 11.3 Å². The number of hydrogen-bond acceptors (Lipinski definition) is 3. The van der Waals surface area contributed by atoms with Gasteiger partial charge >= 0.3 is 0 Å². The van der Waals surface area contributed by atoms with Gasteiger partial charge in [-0.25, -0.2) is 0 Å². The first kappa shape index (κ1) is 18.6. The minimum Gasteiger partial charge on any atom is -0.497 e. The number of pyridine rings is 1. The molecule has 0 aliphatic carbocycles. The van der Waals surface area contributed by atoms with Crippen molar-refractivity contribution in [3.05, 3.63) is 95.8 Å². The Labute approximate surface area is 160 Å². The summed E-state index contributed by atoms with van der Waals surface area (Å²) in [7, 11) is 3.49. The summed E-state index contributed by atoms with van der Waals surface area (Å²) >= 11 is 0. The summed E-state index contributed by atoms with van der Waals surface area (Å²) in [5.41, 5.74) is 3.25. The fourth-order valence-electron chi connectivity index (χ4n) is 3.13. The predicted molar refractivity (Wildman–Crippen MR) is 107 cm³/mol. The van der Waals surface area contributed by atoms with Crippen LogP contribution in [0.15, 0.2) is 79.1 Å². The van der Waals surface area contributed by atoms with Crippen LogP contribution in [-0.4, -0.2) is 29.9 Å². The smallest absolute Gasteiger partial charge is 0.223 e. The van der Waals surface area contributed by atoms with E-state index in [4.69, 9.17) is 4.74 Å². The van der Waals surface area contributed by atoms with E-state index in [0.717, 1.165) is 22.4 Å². The molecule has 1 aromatic heterocycles. The van der Waals surface area contributed by atoms with Crippen LogP contribution >= 0.6 is 0 Å². The van der Waals surface area contributed by atoms with E-state index in [2.05, 4.69) is 17.1 Å². The van der Waals surface area contributed by atoms with Crippen molar-refractivity contribution < 1.29 is 9.53 Å². The third-order valence-electron chi connectivity index (χ3n) is 4.67. The SMILES string of the molecule is COc1ccc([C@@H](CC(=O)N(C)Cc2cccnc2)c2ccccc2)cc1. The Hall–Kier alpha value is -3.14. The third kappa shape index (κ3) is 4.94. The quantitative estimate of drug-likeness (QED) is 0.632. The van der Waals surface area contributed by atoms with Crippen LogP contribution < -0.4 is 4.74 Å². The molecule has 0 unspecified atom stereocenters. The molecule has 138 valence electrons. The minimum absolute atomic E-state index is 0.000884. The molecule has 2 aromatic carbocycles. The van der Waals surface area contributed by atoms with Crippen LogP contribution in [0.3, 0.4) is 0 Å². The van der Waals surface area contributed by atoms with Gasteiger partial charge in [0.2, 0.25) is 5.91 Å². The van der Waals surface area contributed by atoms with Crippen molar-refractivity contribution in [3.63, 3.8) is 0 Å². The molecule has 1 atom stereocenters. The number of aromatic nitrogens is 1. The Morgan fingerprint density at radius 2 is 1.70 bits per heavy atom. The molecule has 3 aromatic rings. The van der Waals surface area contributed by atoms with Crippen molar-refractivity contribution in [1.29, 1.82) is 0 Å². The Morgan fingerprint density at radius 3 is 2.33 bits per heavy atom. The molecule has 0 aliphatic rings. The fourth-order valence-corrected chi connectivity index (χ4v) is 3.13. The van der Waals surface area contributed by atoms with Crippen molar-refractivity contribution >= 4 is 5.91 Å². The molecule has 0 spiro atoms. The van der Waals surface area contributed by atoms with Gasteiger partial charge in [0, 0.05) is 38.3 Å². The second kappa shape index (κ2) is 8.99. The molecule has 0 saturated heterocycles. The lowest BCUT2D eigenvalue weighted by Crippen LogP contribution is -2.28. The van der Waals surface area contributed by atoms with Gasteiger partial charge in [0.15, 0.2) is 0 Å². The summed E-state index contributed by atoms with van der Waals surface area (Å²) in [6.45, 7) is 0.552. The molecule has 0 fully saturated rings. The summed E-state index contributed by atoms with van der Waals surface area (Å²) in [6.07, 6.45) is 3.94. The minimum atomic E-state index is 0.000884. The zero-order chi connectivity index (χ0) is 19.1. The molecule has 0 aliphatic heterocycles. The van der Waals surface area contributed by atoms with Gasteiger partial charge in [0.25, 0.3) is 0 Å². The van der Waals surface area contributed by atoms with Crippen LogP contribution in [0.4, 0.5) is 0 Å². The molecular weight excluding hydrogens is 336 g/mol. The number of rotatable bonds is 7. The van der Waals surface area contributed by atoms with E-state index in [0.29, 0.717) is 13.0 Å². The summed E-state index contributed by atoms with van der Waals surface area (Å²) in [4.78, 5) is 18.8. The average molecular weight is 360 g/mol. The Morgan fingerprint density at radius 1 is 1.00 bits per heavy atom. The molecule has 0 N–H and O–H groups in total. The molecule has 0 radical (unpaired) electrons. The van der Waals surface area contributed by atoms with Crippen LogP contribution in [0, 0.1) is 0 Å². The first-order valence-electron chi connectivity index (χ1n) is 8.99. The van der Waals surface area contributed by atoms with E-state index in [1.165, 1.54) is 0 Å². The molecule has 0 bridgehead atoms. The van der Waals surface area contributed by atoms with Gasteiger partial charge in [-0.3, -0.25) is 9.78 Å². The standard InChI is InChI=1S/C23H24N2O2/c1-25(17-18-7-6-14-24-16-18)23(26)15-22(19-8-4-3-5-9-19)20-10-12-21(27-2)13-11-20/h3-14,16,22H,15,17H2,1-2H3/t22-/m0/s1. The lowest BCUT2D eigenvalue weighted by molar-refractivity contribution is -0.130. The van der Waals surface area contributed by atoms with Gasteiger partial charge in [0.1, 0.15) is 5.75 Å². The zero-order valence-corrected chi connectivity index (χ0v) is 15.7. The van der Waals surface area contributed by atoms with Crippen LogP contribution in [0.25, 0.3) is 0 Å². The largest absolute Gasteiger partial charge is 0.497 e. The molecule has 0 saturated carbocycles. The highest BCUT2D eigenvalue weighted by Crippen LogP contribution is 2.30. The number of benzene rings is 2. The van der Waals surface area contributed by atoms with Crippen molar-refractivity contribution in [2.24, 2.45) is 0 Å². The third-order valence-corrected chi connectivity index (χ3v) is 4.67. The molecule has 27 heavy (non-hydrogen) atoms. The fraction of sp³-hybridized carbons (Fsp3) is 0.217. The highest BCUT2D eigenvalue weighted by Gasteiger charge is 2.20. The first-order valence-corrected chi connectivity index (χ1v) is 8.99. The number of methoxy groups -OCH3 is 1. The number of carbonyl (C=O) groups is 1. The maximum Gasteiger partial charge on any atom is 0.223 e. The molecule has 4 heteroatoms. The lowest BCUT2D eigenvalue weighted by atomic mass is 9.88. The summed E-state index contributed by atoms with van der Waals surface area (Å²) in [5.74, 6) is 0.912. The average Bonchev–Trinajstić information content (AvgIpc) is 2.73. The van der Waals surface area contributed by atoms with E-state index in [1.54, 1.807) is 24.4 Å². The first-order chi connectivity index (χ1) is 13.2. The van der Waals surface area contributed by atoms with Crippen molar-refractivity contribution in [1.82, 2.24) is 9.88 Å². The summed E-state index contributed by atoms with van der Waals surface area (Å²) in [5, 5.41) is 0. The summed E-state index contributed by atoms with van der Waals surface area (Å²) < 4.78 is 5.26. The highest BCUT2D eigenvalue weighted by atomic mass is 16.5. The number of nitrogens with zero attached hydrogens (tertiary/aromatic N) is 2. The molecular formula is C23H24N2O2. The van der Waals surface area contributed by atoms with Crippen LogP contribution in [0.5, 0.6) is 5.75 Å².